The highest BCUT2D eigenvalue weighted by Gasteiger charge is 2.31. The van der Waals surface area contributed by atoms with Gasteiger partial charge in [0.25, 0.3) is 10.0 Å². The Bertz CT molecular complexity index is 1100. The van der Waals surface area contributed by atoms with E-state index in [-0.39, 0.29) is 26.9 Å². The van der Waals surface area contributed by atoms with E-state index in [1.54, 1.807) is 18.2 Å². The normalized spacial score (nSPS) is 11.2. The number of hydrogen-bond donors (Lipinski definition) is 3. The molecule has 7 nitrogen and oxygen atoms in total. The van der Waals surface area contributed by atoms with Crippen LogP contribution in [0, 0.1) is 0 Å². The molecule has 0 amide bonds. The molecule has 12 heteroatoms. The molecule has 0 saturated heterocycles. The Morgan fingerprint density at radius 2 is 1.73 bits per heavy atom. The molecule has 2 aromatic carbocycles. The number of carboxylic acids is 1. The van der Waals surface area contributed by atoms with Gasteiger partial charge in [0.05, 0.1) is 10.6 Å². The smallest absolute Gasteiger partial charge is 0.477 e. The third-order valence-corrected chi connectivity index (χ3v) is 5.53. The summed E-state index contributed by atoms with van der Waals surface area (Å²) in [6.07, 6.45) is -4.66. The maximum absolute atomic E-state index is 12.0. The van der Waals surface area contributed by atoms with Crippen LogP contribution in [0.2, 0.25) is 0 Å². The van der Waals surface area contributed by atoms with Gasteiger partial charge in [-0.25, -0.2) is 13.2 Å². The average Bonchev–Trinajstić information content (AvgIpc) is 3.09. The Labute approximate surface area is 173 Å². The predicted molar refractivity (Wildman–Crippen MR) is 106 cm³/mol. The molecule has 4 N–H and O–H groups in total. The molecule has 160 valence electrons. The van der Waals surface area contributed by atoms with Crippen LogP contribution in [0.5, 0.6) is 5.75 Å². The lowest BCUT2D eigenvalue weighted by atomic mass is 10.3. The van der Waals surface area contributed by atoms with E-state index < -0.39 is 22.4 Å². The summed E-state index contributed by atoms with van der Waals surface area (Å²) in [4.78, 5) is 10.9. The van der Waals surface area contributed by atoms with Gasteiger partial charge in [-0.15, -0.1) is 24.5 Å². The molecule has 0 spiro atoms. The number of rotatable bonds is 5. The predicted octanol–water partition coefficient (Wildman–Crippen LogP) is 4.41. The first kappa shape index (κ1) is 23.0. The van der Waals surface area contributed by atoms with Crippen LogP contribution in [0.25, 0.3) is 0 Å². The van der Waals surface area contributed by atoms with Crippen molar-refractivity contribution >= 4 is 38.7 Å². The lowest BCUT2D eigenvalue weighted by Gasteiger charge is -2.08. The zero-order chi connectivity index (χ0) is 22.4. The minimum Gasteiger partial charge on any atom is -0.477 e. The van der Waals surface area contributed by atoms with Crippen LogP contribution in [-0.4, -0.2) is 25.9 Å². The summed E-state index contributed by atoms with van der Waals surface area (Å²) in [5.74, 6) is -1.46. The molecule has 0 saturated carbocycles. The molecule has 0 fully saturated rings. The summed E-state index contributed by atoms with van der Waals surface area (Å²) in [5, 5.41) is 10.4. The minimum atomic E-state index is -4.66. The molecule has 3 rings (SSSR count). The van der Waals surface area contributed by atoms with Crippen LogP contribution in [0.1, 0.15) is 9.67 Å². The van der Waals surface area contributed by atoms with Crippen LogP contribution in [0.15, 0.2) is 70.9 Å². The first-order chi connectivity index (χ1) is 14.0. The fourth-order valence-corrected chi connectivity index (χ4v) is 3.91. The van der Waals surface area contributed by atoms with Gasteiger partial charge in [-0.1, -0.05) is 24.3 Å². The number of sulfonamides is 1. The van der Waals surface area contributed by atoms with Crippen molar-refractivity contribution in [3.05, 3.63) is 70.9 Å². The molecule has 0 bridgehead atoms. The first-order valence-corrected chi connectivity index (χ1v) is 10.3. The molecule has 1 aromatic heterocycles. The second-order valence-corrected chi connectivity index (χ2v) is 8.11. The van der Waals surface area contributed by atoms with Gasteiger partial charge in [-0.2, -0.15) is 0 Å². The highest BCUT2D eigenvalue weighted by molar-refractivity contribution is 7.92. The highest BCUT2D eigenvalue weighted by atomic mass is 32.2. The monoisotopic (exact) mass is 460 g/mol. The van der Waals surface area contributed by atoms with E-state index in [9.17, 15) is 26.4 Å². The number of thiophene rings is 1. The maximum Gasteiger partial charge on any atom is 0.573 e. The number of carboxylic acid groups (broad SMARTS) is 1. The second-order valence-electron chi connectivity index (χ2n) is 5.51. The zero-order valence-electron chi connectivity index (χ0n) is 15.0. The molecule has 0 aliphatic carbocycles. The van der Waals surface area contributed by atoms with Crippen molar-refractivity contribution in [1.29, 1.82) is 0 Å². The summed E-state index contributed by atoms with van der Waals surface area (Å²) in [6, 6.07) is 14.3. The van der Waals surface area contributed by atoms with Gasteiger partial charge in [0.1, 0.15) is 10.6 Å². The number of aromatic carboxylic acids is 1. The lowest BCUT2D eigenvalue weighted by Crippen LogP contribution is -2.17. The zero-order valence-corrected chi connectivity index (χ0v) is 16.6. The molecule has 0 radical (unpaired) electrons. The SMILES string of the molecule is Nc1cccc(OC(F)(F)F)c1.O=C(O)c1sccc1NS(=O)(=O)c1ccccc1. The summed E-state index contributed by atoms with van der Waals surface area (Å²) in [7, 11) is -3.75. The van der Waals surface area contributed by atoms with E-state index >= 15 is 0 Å². The van der Waals surface area contributed by atoms with Crippen LogP contribution >= 0.6 is 11.3 Å². The molecule has 0 atom stereocenters. The van der Waals surface area contributed by atoms with Gasteiger partial charge in [-0.05, 0) is 35.7 Å². The Kier molecular flexibility index (Phi) is 7.29. The number of hydrogen-bond acceptors (Lipinski definition) is 6. The van der Waals surface area contributed by atoms with Crippen molar-refractivity contribution in [3.8, 4) is 5.75 Å². The molecule has 30 heavy (non-hydrogen) atoms. The van der Waals surface area contributed by atoms with Gasteiger partial charge < -0.3 is 15.6 Å². The molecular formula is C18H15F3N2O5S2. The minimum absolute atomic E-state index is 0.0329. The van der Waals surface area contributed by atoms with E-state index in [2.05, 4.69) is 9.46 Å². The fraction of sp³-hybridized carbons (Fsp3) is 0.0556. The Morgan fingerprint density at radius 3 is 2.30 bits per heavy atom. The number of nitrogen functional groups attached to an aromatic ring is 1. The molecule has 0 aliphatic heterocycles. The number of halogens is 3. The van der Waals surface area contributed by atoms with Crippen molar-refractivity contribution in [1.82, 2.24) is 0 Å². The van der Waals surface area contributed by atoms with Gasteiger partial charge in [-0.3, -0.25) is 4.72 Å². The number of nitrogens with one attached hydrogen (secondary N) is 1. The quantitative estimate of drug-likeness (QED) is 0.485. The summed E-state index contributed by atoms with van der Waals surface area (Å²) >= 11 is 0.967. The van der Waals surface area contributed by atoms with E-state index in [0.717, 1.165) is 17.4 Å². The number of benzene rings is 2. The van der Waals surface area contributed by atoms with Crippen molar-refractivity contribution < 1.29 is 36.2 Å². The summed E-state index contributed by atoms with van der Waals surface area (Å²) in [5.41, 5.74) is 5.54. The van der Waals surface area contributed by atoms with Crippen molar-refractivity contribution in [3.63, 3.8) is 0 Å². The Hall–Kier alpha value is -3.25. The Morgan fingerprint density at radius 1 is 1.07 bits per heavy atom. The molecule has 0 aliphatic rings. The second kappa shape index (κ2) is 9.50. The summed E-state index contributed by atoms with van der Waals surface area (Å²) < 4.78 is 64.6. The van der Waals surface area contributed by atoms with E-state index in [1.807, 2.05) is 0 Å². The van der Waals surface area contributed by atoms with E-state index in [1.165, 1.54) is 41.8 Å². The third-order valence-electron chi connectivity index (χ3n) is 3.25. The van der Waals surface area contributed by atoms with Crippen LogP contribution < -0.4 is 15.2 Å². The Balaban J connectivity index is 0.000000232. The number of alkyl halides is 3. The number of carbonyl (C=O) groups is 1. The average molecular weight is 460 g/mol. The number of nitrogens with two attached hydrogens (primary N) is 1. The third kappa shape index (κ3) is 6.97. The molecular weight excluding hydrogens is 445 g/mol. The van der Waals surface area contributed by atoms with E-state index in [0.29, 0.717) is 0 Å². The van der Waals surface area contributed by atoms with Crippen molar-refractivity contribution in [2.45, 2.75) is 11.3 Å². The summed E-state index contributed by atoms with van der Waals surface area (Å²) in [6.45, 7) is 0. The molecule has 1 heterocycles. The molecule has 0 unspecified atom stereocenters. The standard InChI is InChI=1S/C11H9NO4S2.C7H6F3NO/c13-11(14)10-9(6-7-17-10)12-18(15,16)8-4-2-1-3-5-8;8-7(9,10)12-6-3-1-2-5(11)4-6/h1-7,12H,(H,13,14);1-4H,11H2. The lowest BCUT2D eigenvalue weighted by molar-refractivity contribution is -0.274. The van der Waals surface area contributed by atoms with Gasteiger partial charge >= 0.3 is 12.3 Å². The number of ether oxygens (including phenoxy) is 1. The van der Waals surface area contributed by atoms with Crippen LogP contribution in [0.4, 0.5) is 24.5 Å². The topological polar surface area (TPSA) is 119 Å². The largest absolute Gasteiger partial charge is 0.573 e. The van der Waals surface area contributed by atoms with Crippen molar-refractivity contribution in [2.75, 3.05) is 10.5 Å². The van der Waals surface area contributed by atoms with Gasteiger partial charge in [0.15, 0.2) is 0 Å². The van der Waals surface area contributed by atoms with E-state index in [4.69, 9.17) is 10.8 Å². The van der Waals surface area contributed by atoms with Gasteiger partial charge in [0, 0.05) is 11.8 Å². The number of anilines is 2. The van der Waals surface area contributed by atoms with Crippen LogP contribution in [0.3, 0.4) is 0 Å². The van der Waals surface area contributed by atoms with Gasteiger partial charge in [0.2, 0.25) is 0 Å². The maximum atomic E-state index is 12.0. The van der Waals surface area contributed by atoms with Crippen molar-refractivity contribution in [2.24, 2.45) is 0 Å². The highest BCUT2D eigenvalue weighted by Crippen LogP contribution is 2.25. The van der Waals surface area contributed by atoms with Crippen LogP contribution in [-0.2, 0) is 10.0 Å². The molecule has 3 aromatic rings. The first-order valence-electron chi connectivity index (χ1n) is 7.98. The fourth-order valence-electron chi connectivity index (χ4n) is 2.07.